The maximum Gasteiger partial charge on any atom is 0.269 e. The number of hydrogen-bond acceptors (Lipinski definition) is 4. The van der Waals surface area contributed by atoms with Crippen LogP contribution < -0.4 is 11.1 Å². The van der Waals surface area contributed by atoms with Crippen molar-refractivity contribution in [1.82, 2.24) is 9.78 Å². The first-order valence-corrected chi connectivity index (χ1v) is 7.83. The van der Waals surface area contributed by atoms with Crippen molar-refractivity contribution in [2.45, 2.75) is 6.92 Å². The van der Waals surface area contributed by atoms with E-state index >= 15 is 0 Å². The number of amides is 1. The third-order valence-corrected chi connectivity index (χ3v) is 3.81. The third kappa shape index (κ3) is 3.58. The standard InChI is InChI=1S/C19H18N4O2/c1-13-2-4-14(5-3-13)18-12-17(19(20)25)22-23(18)16-8-6-15(7-9-16)21-10-11-24/h2-9,11-12,21H,10H2,1H3,(H2,20,25). The van der Waals surface area contributed by atoms with E-state index in [-0.39, 0.29) is 12.2 Å². The van der Waals surface area contributed by atoms with Gasteiger partial charge in [-0.3, -0.25) is 4.79 Å². The van der Waals surface area contributed by atoms with Gasteiger partial charge in [0.1, 0.15) is 6.29 Å². The van der Waals surface area contributed by atoms with Gasteiger partial charge in [-0.15, -0.1) is 0 Å². The average Bonchev–Trinajstić information content (AvgIpc) is 3.07. The number of nitrogens with one attached hydrogen (secondary N) is 1. The Morgan fingerprint density at radius 2 is 1.84 bits per heavy atom. The lowest BCUT2D eigenvalue weighted by Gasteiger charge is -2.09. The van der Waals surface area contributed by atoms with E-state index in [0.717, 1.165) is 34.5 Å². The zero-order valence-electron chi connectivity index (χ0n) is 13.8. The molecule has 1 heterocycles. The van der Waals surface area contributed by atoms with Crippen LogP contribution in [0.2, 0.25) is 0 Å². The first-order chi connectivity index (χ1) is 12.1. The normalized spacial score (nSPS) is 10.4. The van der Waals surface area contributed by atoms with E-state index in [9.17, 15) is 9.59 Å². The maximum absolute atomic E-state index is 11.6. The molecule has 0 spiro atoms. The van der Waals surface area contributed by atoms with Crippen LogP contribution in [0.5, 0.6) is 0 Å². The zero-order valence-corrected chi connectivity index (χ0v) is 13.8. The van der Waals surface area contributed by atoms with Crippen molar-refractivity contribution >= 4 is 17.9 Å². The summed E-state index contributed by atoms with van der Waals surface area (Å²) in [6.45, 7) is 2.27. The number of carbonyl (C=O) groups excluding carboxylic acids is 2. The van der Waals surface area contributed by atoms with Gasteiger partial charge in [0.05, 0.1) is 17.9 Å². The lowest BCUT2D eigenvalue weighted by atomic mass is 10.1. The van der Waals surface area contributed by atoms with Gasteiger partial charge in [0.25, 0.3) is 5.91 Å². The quantitative estimate of drug-likeness (QED) is 0.678. The van der Waals surface area contributed by atoms with Crippen molar-refractivity contribution in [1.29, 1.82) is 0 Å². The summed E-state index contributed by atoms with van der Waals surface area (Å²) in [6.07, 6.45) is 0.802. The second-order valence-corrected chi connectivity index (χ2v) is 5.65. The van der Waals surface area contributed by atoms with E-state index in [1.165, 1.54) is 0 Å². The Bertz CT molecular complexity index is 896. The Kier molecular flexibility index (Phi) is 4.61. The molecule has 0 aliphatic carbocycles. The van der Waals surface area contributed by atoms with Crippen LogP contribution in [-0.4, -0.2) is 28.5 Å². The number of rotatable bonds is 6. The lowest BCUT2D eigenvalue weighted by Crippen LogP contribution is -2.12. The summed E-state index contributed by atoms with van der Waals surface area (Å²) in [5.41, 5.74) is 10.1. The number of primary amides is 1. The van der Waals surface area contributed by atoms with Gasteiger partial charge in [0, 0.05) is 11.3 Å². The van der Waals surface area contributed by atoms with Crippen LogP contribution in [-0.2, 0) is 4.79 Å². The molecule has 3 rings (SSSR count). The molecule has 0 saturated heterocycles. The Hall–Kier alpha value is -3.41. The van der Waals surface area contributed by atoms with Crippen LogP contribution in [0.15, 0.2) is 54.6 Å². The molecule has 0 saturated carbocycles. The summed E-state index contributed by atoms with van der Waals surface area (Å²) in [5, 5.41) is 7.31. The third-order valence-electron chi connectivity index (χ3n) is 3.81. The van der Waals surface area contributed by atoms with Gasteiger partial charge in [0.2, 0.25) is 0 Å². The lowest BCUT2D eigenvalue weighted by molar-refractivity contribution is -0.106. The highest BCUT2D eigenvalue weighted by atomic mass is 16.1. The topological polar surface area (TPSA) is 90.0 Å². The fraction of sp³-hybridized carbons (Fsp3) is 0.105. The fourth-order valence-corrected chi connectivity index (χ4v) is 2.51. The molecule has 0 unspecified atom stereocenters. The summed E-state index contributed by atoms with van der Waals surface area (Å²) in [7, 11) is 0. The molecule has 1 aromatic heterocycles. The molecule has 0 aliphatic heterocycles. The Balaban J connectivity index is 2.03. The van der Waals surface area contributed by atoms with Crippen LogP contribution in [0.25, 0.3) is 16.9 Å². The summed E-state index contributed by atoms with van der Waals surface area (Å²) in [4.78, 5) is 22.0. The van der Waals surface area contributed by atoms with E-state index in [2.05, 4.69) is 10.4 Å². The van der Waals surface area contributed by atoms with Crippen molar-refractivity contribution in [3.63, 3.8) is 0 Å². The summed E-state index contributed by atoms with van der Waals surface area (Å²) < 4.78 is 1.69. The highest BCUT2D eigenvalue weighted by molar-refractivity contribution is 5.92. The molecule has 0 bridgehead atoms. The minimum atomic E-state index is -0.573. The van der Waals surface area contributed by atoms with E-state index in [1.54, 1.807) is 10.7 Å². The second kappa shape index (κ2) is 7.00. The Morgan fingerprint density at radius 3 is 2.44 bits per heavy atom. The van der Waals surface area contributed by atoms with Gasteiger partial charge in [-0.05, 0) is 37.3 Å². The van der Waals surface area contributed by atoms with Gasteiger partial charge < -0.3 is 15.8 Å². The maximum atomic E-state index is 11.6. The summed E-state index contributed by atoms with van der Waals surface area (Å²) >= 11 is 0. The predicted octanol–water partition coefficient (Wildman–Crippen LogP) is 2.56. The highest BCUT2D eigenvalue weighted by Crippen LogP contribution is 2.25. The molecule has 0 aliphatic rings. The average molecular weight is 334 g/mol. The molecule has 6 heteroatoms. The van der Waals surface area contributed by atoms with Gasteiger partial charge >= 0.3 is 0 Å². The number of aromatic nitrogens is 2. The van der Waals surface area contributed by atoms with Crippen molar-refractivity contribution in [3.8, 4) is 16.9 Å². The molecule has 6 nitrogen and oxygen atoms in total. The Labute approximate surface area is 145 Å². The smallest absolute Gasteiger partial charge is 0.269 e. The number of hydrogen-bond donors (Lipinski definition) is 2. The molecule has 3 N–H and O–H groups in total. The van der Waals surface area contributed by atoms with Crippen molar-refractivity contribution < 1.29 is 9.59 Å². The first kappa shape index (κ1) is 16.4. The summed E-state index contributed by atoms with van der Waals surface area (Å²) in [5.74, 6) is -0.573. The Morgan fingerprint density at radius 1 is 1.16 bits per heavy atom. The van der Waals surface area contributed by atoms with Crippen LogP contribution in [0.4, 0.5) is 5.69 Å². The zero-order chi connectivity index (χ0) is 17.8. The second-order valence-electron chi connectivity index (χ2n) is 5.65. The van der Waals surface area contributed by atoms with E-state index in [1.807, 2.05) is 55.5 Å². The van der Waals surface area contributed by atoms with Crippen molar-refractivity contribution in [3.05, 3.63) is 65.9 Å². The van der Waals surface area contributed by atoms with E-state index in [0.29, 0.717) is 0 Å². The number of carbonyl (C=O) groups is 2. The largest absolute Gasteiger partial charge is 0.378 e. The van der Waals surface area contributed by atoms with Crippen molar-refractivity contribution in [2.24, 2.45) is 5.73 Å². The molecule has 2 aromatic carbocycles. The molecule has 3 aromatic rings. The highest BCUT2D eigenvalue weighted by Gasteiger charge is 2.14. The fourth-order valence-electron chi connectivity index (χ4n) is 2.51. The van der Waals surface area contributed by atoms with Gasteiger partial charge in [-0.25, -0.2) is 4.68 Å². The molecule has 0 radical (unpaired) electrons. The molecule has 126 valence electrons. The van der Waals surface area contributed by atoms with Crippen LogP contribution in [0.1, 0.15) is 16.1 Å². The number of nitrogens with zero attached hydrogens (tertiary/aromatic N) is 2. The van der Waals surface area contributed by atoms with Gasteiger partial charge in [-0.1, -0.05) is 29.8 Å². The number of anilines is 1. The summed E-state index contributed by atoms with van der Waals surface area (Å²) in [6, 6.07) is 17.1. The van der Waals surface area contributed by atoms with Crippen LogP contribution in [0.3, 0.4) is 0 Å². The van der Waals surface area contributed by atoms with Gasteiger partial charge in [0.15, 0.2) is 5.69 Å². The molecular weight excluding hydrogens is 316 g/mol. The monoisotopic (exact) mass is 334 g/mol. The minimum absolute atomic E-state index is 0.207. The van der Waals surface area contributed by atoms with E-state index in [4.69, 9.17) is 5.73 Å². The van der Waals surface area contributed by atoms with Crippen LogP contribution >= 0.6 is 0 Å². The van der Waals surface area contributed by atoms with E-state index < -0.39 is 5.91 Å². The molecule has 1 amide bonds. The number of benzene rings is 2. The first-order valence-electron chi connectivity index (χ1n) is 7.83. The SMILES string of the molecule is Cc1ccc(-c2cc(C(N)=O)nn2-c2ccc(NCC=O)cc2)cc1. The molecule has 0 atom stereocenters. The number of aldehydes is 1. The van der Waals surface area contributed by atoms with Gasteiger partial charge in [-0.2, -0.15) is 5.10 Å². The predicted molar refractivity (Wildman–Crippen MR) is 96.8 cm³/mol. The molecule has 25 heavy (non-hydrogen) atoms. The molecular formula is C19H18N4O2. The van der Waals surface area contributed by atoms with Crippen LogP contribution in [0, 0.1) is 6.92 Å². The molecule has 0 fully saturated rings. The number of aryl methyl sites for hydroxylation is 1. The van der Waals surface area contributed by atoms with Crippen molar-refractivity contribution in [2.75, 3.05) is 11.9 Å². The number of nitrogens with two attached hydrogens (primary N) is 1. The minimum Gasteiger partial charge on any atom is -0.378 e.